The largest absolute Gasteiger partial charge is 0.475 e. The van der Waals surface area contributed by atoms with Crippen LogP contribution < -0.4 is 0 Å². The average Bonchev–Trinajstić information content (AvgIpc) is 2.32. The molecule has 0 heterocycles. The number of hydrogen-bond donors (Lipinski definition) is 0. The molecule has 6 heteroatoms. The van der Waals surface area contributed by atoms with Crippen LogP contribution in [0.5, 0.6) is 0 Å². The van der Waals surface area contributed by atoms with Crippen LogP contribution in [0.3, 0.4) is 0 Å². The zero-order chi connectivity index (χ0) is 15.6. The monoisotopic (exact) mass is 322 g/mol. The third-order valence-electron chi connectivity index (χ3n) is 2.86. The molecule has 0 aromatic rings. The van der Waals surface area contributed by atoms with E-state index in [-0.39, 0.29) is 0 Å². The number of hydrogen-bond acceptors (Lipinski definition) is 4. The first-order valence-corrected chi connectivity index (χ1v) is 12.5. The first-order valence-electron chi connectivity index (χ1n) is 7.52. The molecule has 0 amide bonds. The van der Waals surface area contributed by atoms with Crippen molar-refractivity contribution in [2.24, 2.45) is 0 Å². The molecule has 0 atom stereocenters. The average molecular weight is 322 g/mol. The second kappa shape index (κ2) is 9.90. The van der Waals surface area contributed by atoms with Crippen LogP contribution in [-0.2, 0) is 18.1 Å². The van der Waals surface area contributed by atoms with Crippen LogP contribution in [0.2, 0.25) is 19.6 Å². The number of phosphoric acid groups is 1. The summed E-state index contributed by atoms with van der Waals surface area (Å²) in [5.74, 6) is 0. The Balaban J connectivity index is 4.73. The van der Waals surface area contributed by atoms with E-state index in [0.29, 0.717) is 19.8 Å². The highest BCUT2D eigenvalue weighted by molar-refractivity contribution is 7.48. The Morgan fingerprint density at radius 3 is 2.00 bits per heavy atom. The van der Waals surface area contributed by atoms with Gasteiger partial charge < -0.3 is 0 Å². The van der Waals surface area contributed by atoms with E-state index in [1.54, 1.807) is 13.8 Å². The van der Waals surface area contributed by atoms with Crippen molar-refractivity contribution in [2.75, 3.05) is 19.8 Å². The summed E-state index contributed by atoms with van der Waals surface area (Å²) in [6.45, 7) is 13.5. The van der Waals surface area contributed by atoms with Gasteiger partial charge in [0.15, 0.2) is 0 Å². The van der Waals surface area contributed by atoms with E-state index >= 15 is 0 Å². The van der Waals surface area contributed by atoms with Crippen LogP contribution in [0.15, 0.2) is 11.3 Å². The Morgan fingerprint density at radius 1 is 1.05 bits per heavy atom. The maximum atomic E-state index is 12.3. The van der Waals surface area contributed by atoms with Crippen molar-refractivity contribution in [1.82, 2.24) is 0 Å². The topological polar surface area (TPSA) is 44.8 Å². The Labute approximate surface area is 125 Å². The fourth-order valence-corrected chi connectivity index (χ4v) is 4.18. The third-order valence-corrected chi connectivity index (χ3v) is 6.73. The summed E-state index contributed by atoms with van der Waals surface area (Å²) in [7, 11) is -4.88. The van der Waals surface area contributed by atoms with Gasteiger partial charge in [-0.05, 0) is 20.3 Å². The van der Waals surface area contributed by atoms with Gasteiger partial charge in [0.25, 0.3) is 0 Å². The van der Waals surface area contributed by atoms with E-state index in [1.165, 1.54) is 18.0 Å². The van der Waals surface area contributed by atoms with Crippen molar-refractivity contribution in [3.63, 3.8) is 0 Å². The molecule has 0 saturated carbocycles. The number of unbranched alkanes of at least 4 members (excludes halogenated alkanes) is 2. The number of phosphoric ester groups is 1. The van der Waals surface area contributed by atoms with Crippen LogP contribution in [-0.4, -0.2) is 27.9 Å². The van der Waals surface area contributed by atoms with Gasteiger partial charge in [-0.1, -0.05) is 50.7 Å². The lowest BCUT2D eigenvalue weighted by atomic mass is 10.2. The molecule has 0 unspecified atom stereocenters. The van der Waals surface area contributed by atoms with E-state index in [1.807, 2.05) is 0 Å². The molecular weight excluding hydrogens is 291 g/mol. The summed E-state index contributed by atoms with van der Waals surface area (Å²) in [6, 6.07) is 0. The highest BCUT2D eigenvalue weighted by Crippen LogP contribution is 2.49. The Morgan fingerprint density at radius 2 is 1.60 bits per heavy atom. The SMILES string of the molecule is CCCC/C=C(\COP(=O)(OCC)OCC)[Si](C)(C)C. The van der Waals surface area contributed by atoms with Gasteiger partial charge in [-0.15, -0.1) is 0 Å². The van der Waals surface area contributed by atoms with Gasteiger partial charge in [-0.25, -0.2) is 4.57 Å². The van der Waals surface area contributed by atoms with Crippen LogP contribution >= 0.6 is 7.82 Å². The number of allylic oxidation sites excluding steroid dienone is 1. The van der Waals surface area contributed by atoms with Crippen molar-refractivity contribution in [2.45, 2.75) is 59.7 Å². The van der Waals surface area contributed by atoms with E-state index in [4.69, 9.17) is 13.6 Å². The fraction of sp³-hybridized carbons (Fsp3) is 0.857. The zero-order valence-corrected chi connectivity index (χ0v) is 15.8. The quantitative estimate of drug-likeness (QED) is 0.299. The molecule has 0 fully saturated rings. The molecule has 0 rings (SSSR count). The lowest BCUT2D eigenvalue weighted by Crippen LogP contribution is -2.27. The molecule has 0 spiro atoms. The van der Waals surface area contributed by atoms with Crippen LogP contribution in [0, 0.1) is 0 Å². The van der Waals surface area contributed by atoms with Gasteiger partial charge in [-0.2, -0.15) is 0 Å². The van der Waals surface area contributed by atoms with Gasteiger partial charge in [0.05, 0.1) is 27.9 Å². The molecule has 0 saturated heterocycles. The first kappa shape index (κ1) is 20.1. The Hall–Kier alpha value is 0.0669. The first-order chi connectivity index (χ1) is 9.29. The molecular formula is C14H31O4PSi. The maximum absolute atomic E-state index is 12.3. The molecule has 0 aliphatic rings. The van der Waals surface area contributed by atoms with Crippen molar-refractivity contribution < 1.29 is 18.1 Å². The van der Waals surface area contributed by atoms with Crippen molar-refractivity contribution in [1.29, 1.82) is 0 Å². The Kier molecular flexibility index (Phi) is 9.94. The summed E-state index contributed by atoms with van der Waals surface area (Å²) < 4.78 is 28.1. The molecule has 120 valence electrons. The Bertz CT molecular complexity index is 327. The molecule has 0 aliphatic carbocycles. The molecule has 0 bridgehead atoms. The summed E-state index contributed by atoms with van der Waals surface area (Å²) >= 11 is 0. The van der Waals surface area contributed by atoms with Crippen molar-refractivity contribution in [3.8, 4) is 0 Å². The van der Waals surface area contributed by atoms with E-state index in [0.717, 1.165) is 6.42 Å². The van der Waals surface area contributed by atoms with E-state index in [9.17, 15) is 4.57 Å². The summed E-state index contributed by atoms with van der Waals surface area (Å²) in [6.07, 6.45) is 5.64. The van der Waals surface area contributed by atoms with Gasteiger partial charge in [0.2, 0.25) is 0 Å². The summed E-state index contributed by atoms with van der Waals surface area (Å²) in [5, 5.41) is 1.27. The molecule has 20 heavy (non-hydrogen) atoms. The van der Waals surface area contributed by atoms with Gasteiger partial charge in [0, 0.05) is 0 Å². The number of rotatable bonds is 11. The lowest BCUT2D eigenvalue weighted by Gasteiger charge is -2.23. The minimum absolute atomic E-state index is 0.319. The third kappa shape index (κ3) is 8.38. The van der Waals surface area contributed by atoms with Crippen LogP contribution in [0.25, 0.3) is 0 Å². The van der Waals surface area contributed by atoms with Crippen LogP contribution in [0.4, 0.5) is 0 Å². The maximum Gasteiger partial charge on any atom is 0.475 e. The lowest BCUT2D eigenvalue weighted by molar-refractivity contribution is 0.130. The minimum atomic E-state index is -3.40. The normalized spacial score (nSPS) is 13.8. The molecule has 0 aliphatic heterocycles. The fourth-order valence-electron chi connectivity index (χ4n) is 1.64. The second-order valence-electron chi connectivity index (χ2n) is 5.68. The van der Waals surface area contributed by atoms with Crippen molar-refractivity contribution >= 4 is 15.9 Å². The van der Waals surface area contributed by atoms with Gasteiger partial charge >= 0.3 is 7.82 Å². The molecule has 4 nitrogen and oxygen atoms in total. The predicted octanol–water partition coefficient (Wildman–Crippen LogP) is 5.18. The highest BCUT2D eigenvalue weighted by Gasteiger charge is 2.28. The summed E-state index contributed by atoms with van der Waals surface area (Å²) in [5.41, 5.74) is 0. The zero-order valence-electron chi connectivity index (χ0n) is 13.9. The second-order valence-corrected chi connectivity index (χ2v) is 12.5. The van der Waals surface area contributed by atoms with Gasteiger partial charge in [-0.3, -0.25) is 13.6 Å². The van der Waals surface area contributed by atoms with E-state index in [2.05, 4.69) is 32.6 Å². The molecule has 0 aromatic heterocycles. The standard InChI is InChI=1S/C14H31O4PSi/c1-7-10-11-12-14(20(4,5)6)13-18-19(15,16-8-2)17-9-3/h12H,7-11,13H2,1-6H3/b14-12+. The highest BCUT2D eigenvalue weighted by atomic mass is 31.2. The van der Waals surface area contributed by atoms with Crippen molar-refractivity contribution in [3.05, 3.63) is 11.3 Å². The smallest absolute Gasteiger partial charge is 0.287 e. The molecule has 0 radical (unpaired) electrons. The van der Waals surface area contributed by atoms with Gasteiger partial charge in [0.1, 0.15) is 0 Å². The molecule has 0 aromatic carbocycles. The minimum Gasteiger partial charge on any atom is -0.287 e. The summed E-state index contributed by atoms with van der Waals surface area (Å²) in [4.78, 5) is 0. The van der Waals surface area contributed by atoms with Crippen LogP contribution in [0.1, 0.15) is 40.0 Å². The van der Waals surface area contributed by atoms with E-state index < -0.39 is 15.9 Å². The molecule has 0 N–H and O–H groups in total. The predicted molar refractivity (Wildman–Crippen MR) is 87.8 cm³/mol.